The predicted octanol–water partition coefficient (Wildman–Crippen LogP) is 1.58. The minimum atomic E-state index is -3.69. The van der Waals surface area contributed by atoms with Crippen molar-refractivity contribution < 1.29 is 22.8 Å². The molecule has 0 spiro atoms. The maximum absolute atomic E-state index is 13.2. The number of sulfone groups is 1. The summed E-state index contributed by atoms with van der Waals surface area (Å²) in [6.07, 6.45) is 3.41. The number of benzene rings is 1. The average Bonchev–Trinajstić information content (AvgIpc) is 2.82. The van der Waals surface area contributed by atoms with Crippen LogP contribution < -0.4 is 5.32 Å². The van der Waals surface area contributed by atoms with Gasteiger partial charge in [0.05, 0.1) is 10.6 Å². The van der Waals surface area contributed by atoms with Gasteiger partial charge >= 0.3 is 0 Å². The van der Waals surface area contributed by atoms with Gasteiger partial charge in [0.25, 0.3) is 5.91 Å². The zero-order valence-corrected chi connectivity index (χ0v) is 19.0. The van der Waals surface area contributed by atoms with E-state index in [0.29, 0.717) is 12.0 Å². The highest BCUT2D eigenvalue weighted by Gasteiger charge is 2.35. The van der Waals surface area contributed by atoms with E-state index in [1.807, 2.05) is 0 Å². The summed E-state index contributed by atoms with van der Waals surface area (Å²) in [6.45, 7) is 3.83. The highest BCUT2D eigenvalue weighted by molar-refractivity contribution is 7.91. The molecule has 8 nitrogen and oxygen atoms in total. The van der Waals surface area contributed by atoms with E-state index >= 15 is 0 Å². The van der Waals surface area contributed by atoms with Crippen LogP contribution in [0.15, 0.2) is 47.8 Å². The Morgan fingerprint density at radius 1 is 1.19 bits per heavy atom. The fourth-order valence-electron chi connectivity index (χ4n) is 3.88. The Morgan fingerprint density at radius 2 is 1.91 bits per heavy atom. The molecular weight excluding hydrogens is 430 g/mol. The lowest BCUT2D eigenvalue weighted by molar-refractivity contribution is -0.141. The van der Waals surface area contributed by atoms with Crippen LogP contribution in [0.3, 0.4) is 0 Å². The lowest BCUT2D eigenvalue weighted by Crippen LogP contribution is -2.38. The van der Waals surface area contributed by atoms with Crippen LogP contribution in [0.5, 0.6) is 0 Å². The molecule has 1 aromatic heterocycles. The van der Waals surface area contributed by atoms with E-state index in [9.17, 15) is 22.8 Å². The molecule has 1 aromatic carbocycles. The second-order valence-electron chi connectivity index (χ2n) is 8.38. The molecule has 9 heteroatoms. The van der Waals surface area contributed by atoms with Gasteiger partial charge in [-0.05, 0) is 30.0 Å². The van der Waals surface area contributed by atoms with Crippen LogP contribution in [0.2, 0.25) is 0 Å². The zero-order valence-electron chi connectivity index (χ0n) is 18.2. The van der Waals surface area contributed by atoms with E-state index in [0.717, 1.165) is 5.69 Å². The van der Waals surface area contributed by atoms with Crippen LogP contribution in [0, 0.1) is 17.8 Å². The maximum atomic E-state index is 13.2. The molecule has 1 aliphatic heterocycles. The van der Waals surface area contributed by atoms with E-state index in [4.69, 9.17) is 0 Å². The summed E-state index contributed by atoms with van der Waals surface area (Å²) in [6, 6.07) is 7.99. The van der Waals surface area contributed by atoms with Crippen LogP contribution in [0.25, 0.3) is 0 Å². The maximum Gasteiger partial charge on any atom is 0.287 e. The minimum Gasteiger partial charge on any atom is -0.349 e. The molecule has 2 unspecified atom stereocenters. The number of carbonyl (C=O) groups is 3. The van der Waals surface area contributed by atoms with E-state index in [1.165, 1.54) is 18.5 Å². The van der Waals surface area contributed by atoms with Crippen LogP contribution in [0.1, 0.15) is 31.5 Å². The molecule has 0 bridgehead atoms. The molecule has 0 saturated heterocycles. The summed E-state index contributed by atoms with van der Waals surface area (Å²) >= 11 is 0. The quantitative estimate of drug-likeness (QED) is 0.626. The monoisotopic (exact) mass is 457 g/mol. The fourth-order valence-corrected chi connectivity index (χ4v) is 5.69. The van der Waals surface area contributed by atoms with Gasteiger partial charge in [0.15, 0.2) is 9.84 Å². The molecule has 0 radical (unpaired) electrons. The molecule has 2 atom stereocenters. The molecule has 2 heterocycles. The van der Waals surface area contributed by atoms with Crippen LogP contribution in [-0.4, -0.2) is 48.2 Å². The van der Waals surface area contributed by atoms with Crippen molar-refractivity contribution in [1.29, 1.82) is 0 Å². The van der Waals surface area contributed by atoms with Crippen molar-refractivity contribution in [3.05, 3.63) is 54.1 Å². The van der Waals surface area contributed by atoms with Crippen molar-refractivity contribution >= 4 is 27.3 Å². The summed E-state index contributed by atoms with van der Waals surface area (Å²) < 4.78 is 25.7. The first kappa shape index (κ1) is 23.7. The Hall–Kier alpha value is -2.94. The second kappa shape index (κ2) is 10.1. The highest BCUT2D eigenvalue weighted by atomic mass is 32.2. The zero-order chi connectivity index (χ0) is 23.3. The smallest absolute Gasteiger partial charge is 0.287 e. The van der Waals surface area contributed by atoms with Crippen molar-refractivity contribution in [2.24, 2.45) is 17.8 Å². The molecule has 1 aliphatic rings. The minimum absolute atomic E-state index is 0.155. The standard InChI is InChI=1S/C23H27N3O5S/c1-15(2)19(13-32(30,31)18-6-4-3-5-7-18)21(27)11-16-10-17-12-24-14-26-20(17)8-9-25-23(29)22(16)28/h3-7,12,14-16,19H,8-11,13H2,1-2H3,(H,25,29). The lowest BCUT2D eigenvalue weighted by atomic mass is 9.84. The average molecular weight is 458 g/mol. The normalized spacial score (nSPS) is 18.2. The number of hydrogen-bond donors (Lipinski definition) is 1. The number of carbonyl (C=O) groups excluding carboxylic acids is 3. The van der Waals surface area contributed by atoms with Crippen molar-refractivity contribution in [1.82, 2.24) is 15.3 Å². The summed E-state index contributed by atoms with van der Waals surface area (Å²) in [5.41, 5.74) is 1.44. The number of fused-ring (bicyclic) bond motifs is 1. The Labute approximate surface area is 187 Å². The number of hydrogen-bond acceptors (Lipinski definition) is 7. The van der Waals surface area contributed by atoms with Crippen LogP contribution >= 0.6 is 0 Å². The number of ketones is 2. The number of rotatable bonds is 7. The fraction of sp³-hybridized carbons (Fsp3) is 0.435. The number of nitrogens with one attached hydrogen (secondary N) is 1. The lowest BCUT2D eigenvalue weighted by Gasteiger charge is -2.22. The summed E-state index contributed by atoms with van der Waals surface area (Å²) in [7, 11) is -3.69. The molecule has 3 rings (SSSR count). The van der Waals surface area contributed by atoms with E-state index in [2.05, 4.69) is 15.3 Å². The molecule has 1 N–H and O–H groups in total. The van der Waals surface area contributed by atoms with E-state index in [1.54, 1.807) is 38.2 Å². The molecule has 170 valence electrons. The van der Waals surface area contributed by atoms with E-state index in [-0.39, 0.29) is 41.7 Å². The van der Waals surface area contributed by atoms with Gasteiger partial charge in [0, 0.05) is 43.1 Å². The SMILES string of the molecule is CC(C)C(CS(=O)(=O)c1ccccc1)C(=O)CC1Cc2cncnc2CCNC(=O)C1=O. The first-order chi connectivity index (χ1) is 15.2. The molecule has 32 heavy (non-hydrogen) atoms. The van der Waals surface area contributed by atoms with Crippen LogP contribution in [-0.2, 0) is 37.1 Å². The molecule has 0 aliphatic carbocycles. The third-order valence-electron chi connectivity index (χ3n) is 5.76. The molecular formula is C23H27N3O5S. The molecule has 0 saturated carbocycles. The van der Waals surface area contributed by atoms with Gasteiger partial charge in [0.1, 0.15) is 12.1 Å². The first-order valence-corrected chi connectivity index (χ1v) is 12.2. The first-order valence-electron chi connectivity index (χ1n) is 10.6. The van der Waals surface area contributed by atoms with Gasteiger partial charge in [-0.1, -0.05) is 32.0 Å². The topological polar surface area (TPSA) is 123 Å². The Kier molecular flexibility index (Phi) is 7.50. The molecule has 1 amide bonds. The summed E-state index contributed by atoms with van der Waals surface area (Å²) in [4.78, 5) is 46.7. The third-order valence-corrected chi connectivity index (χ3v) is 7.55. The largest absolute Gasteiger partial charge is 0.349 e. The van der Waals surface area contributed by atoms with Gasteiger partial charge < -0.3 is 5.32 Å². The van der Waals surface area contributed by atoms with Crippen molar-refractivity contribution in [3.63, 3.8) is 0 Å². The number of Topliss-reactive ketones (excluding diaryl/α,β-unsaturated/α-hetero) is 2. The number of nitrogens with zero attached hydrogens (tertiary/aromatic N) is 2. The van der Waals surface area contributed by atoms with Gasteiger partial charge in [-0.3, -0.25) is 14.4 Å². The van der Waals surface area contributed by atoms with Crippen molar-refractivity contribution in [2.45, 2.75) is 38.0 Å². The van der Waals surface area contributed by atoms with Gasteiger partial charge in [0.2, 0.25) is 5.78 Å². The number of amides is 1. The van der Waals surface area contributed by atoms with Crippen molar-refractivity contribution in [2.75, 3.05) is 12.3 Å². The molecule has 2 aromatic rings. The Bertz CT molecular complexity index is 1100. The van der Waals surface area contributed by atoms with Crippen LogP contribution in [0.4, 0.5) is 0 Å². The number of aromatic nitrogens is 2. The Morgan fingerprint density at radius 3 is 2.59 bits per heavy atom. The summed E-state index contributed by atoms with van der Waals surface area (Å²) in [5.74, 6) is -4.05. The molecule has 0 fully saturated rings. The van der Waals surface area contributed by atoms with Gasteiger partial charge in [-0.25, -0.2) is 18.4 Å². The third kappa shape index (κ3) is 5.64. The highest BCUT2D eigenvalue weighted by Crippen LogP contribution is 2.25. The van der Waals surface area contributed by atoms with E-state index < -0.39 is 33.4 Å². The van der Waals surface area contributed by atoms with Crippen molar-refractivity contribution in [3.8, 4) is 0 Å². The predicted molar refractivity (Wildman–Crippen MR) is 117 cm³/mol. The van der Waals surface area contributed by atoms with Gasteiger partial charge in [-0.2, -0.15) is 0 Å². The van der Waals surface area contributed by atoms with Gasteiger partial charge in [-0.15, -0.1) is 0 Å². The summed E-state index contributed by atoms with van der Waals surface area (Å²) in [5, 5.41) is 2.57. The Balaban J connectivity index is 1.84. The second-order valence-corrected chi connectivity index (χ2v) is 10.4.